The largest absolute Gasteiger partial charge is 0.497 e. The molecule has 0 unspecified atom stereocenters. The minimum Gasteiger partial charge on any atom is -0.497 e. The van der Waals surface area contributed by atoms with Crippen molar-refractivity contribution in [1.29, 1.82) is 0 Å². The summed E-state index contributed by atoms with van der Waals surface area (Å²) in [5, 5.41) is 8.60. The SMILES string of the molecule is COc1ccc2nc(Cl)c(-c3nnc(C4CCCCC4)o3)nc2c1. The van der Waals surface area contributed by atoms with Crippen LogP contribution in [-0.4, -0.2) is 27.3 Å². The summed E-state index contributed by atoms with van der Waals surface area (Å²) in [6.45, 7) is 0. The summed E-state index contributed by atoms with van der Waals surface area (Å²) >= 11 is 6.27. The van der Waals surface area contributed by atoms with Gasteiger partial charge in [-0.2, -0.15) is 0 Å². The zero-order chi connectivity index (χ0) is 16.5. The molecule has 7 heteroatoms. The second-order valence-electron chi connectivity index (χ2n) is 6.00. The Labute approximate surface area is 144 Å². The third-order valence-corrected chi connectivity index (χ3v) is 4.69. The number of hydrogen-bond donors (Lipinski definition) is 0. The Morgan fingerprint density at radius 2 is 1.92 bits per heavy atom. The number of halogens is 1. The third-order valence-electron chi connectivity index (χ3n) is 4.43. The average molecular weight is 345 g/mol. The second kappa shape index (κ2) is 6.36. The topological polar surface area (TPSA) is 73.9 Å². The molecule has 6 nitrogen and oxygen atoms in total. The monoisotopic (exact) mass is 344 g/mol. The van der Waals surface area contributed by atoms with Crippen LogP contribution in [0.25, 0.3) is 22.6 Å². The van der Waals surface area contributed by atoms with E-state index in [0.717, 1.165) is 12.8 Å². The van der Waals surface area contributed by atoms with Crippen LogP contribution in [0, 0.1) is 0 Å². The summed E-state index contributed by atoms with van der Waals surface area (Å²) in [7, 11) is 1.61. The lowest BCUT2D eigenvalue weighted by Crippen LogP contribution is -2.04. The Bertz CT molecular complexity index is 874. The van der Waals surface area contributed by atoms with Crippen molar-refractivity contribution in [1.82, 2.24) is 20.2 Å². The van der Waals surface area contributed by atoms with E-state index in [2.05, 4.69) is 20.2 Å². The fourth-order valence-electron chi connectivity index (χ4n) is 3.12. The molecule has 0 N–H and O–H groups in total. The van der Waals surface area contributed by atoms with Gasteiger partial charge < -0.3 is 9.15 Å². The maximum absolute atomic E-state index is 6.27. The van der Waals surface area contributed by atoms with Gasteiger partial charge in [0.25, 0.3) is 5.89 Å². The first-order valence-corrected chi connectivity index (χ1v) is 8.47. The van der Waals surface area contributed by atoms with Crippen molar-refractivity contribution < 1.29 is 9.15 Å². The lowest BCUT2D eigenvalue weighted by Gasteiger charge is -2.17. The Kier molecular flexibility index (Phi) is 4.06. The van der Waals surface area contributed by atoms with Gasteiger partial charge in [0.2, 0.25) is 5.89 Å². The molecule has 1 aromatic carbocycles. The maximum atomic E-state index is 6.27. The third kappa shape index (κ3) is 2.82. The molecule has 0 bridgehead atoms. The van der Waals surface area contributed by atoms with Crippen LogP contribution in [0.4, 0.5) is 0 Å². The molecular weight excluding hydrogens is 328 g/mol. The van der Waals surface area contributed by atoms with Crippen molar-refractivity contribution in [2.45, 2.75) is 38.0 Å². The molecule has 4 rings (SSSR count). The summed E-state index contributed by atoms with van der Waals surface area (Å²) in [5.74, 6) is 2.04. The molecule has 2 aromatic heterocycles. The Hall–Kier alpha value is -2.21. The zero-order valence-corrected chi connectivity index (χ0v) is 14.1. The molecule has 124 valence electrons. The highest BCUT2D eigenvalue weighted by atomic mass is 35.5. The maximum Gasteiger partial charge on any atom is 0.269 e. The van der Waals surface area contributed by atoms with Crippen LogP contribution in [0.3, 0.4) is 0 Å². The van der Waals surface area contributed by atoms with Crippen LogP contribution in [0.5, 0.6) is 5.75 Å². The Morgan fingerprint density at radius 3 is 2.71 bits per heavy atom. The standard InChI is InChI=1S/C17H17ClN4O2/c1-23-11-7-8-12-13(9-11)19-14(15(18)20-12)17-22-21-16(24-17)10-5-3-2-4-6-10/h7-10H,2-6H2,1H3. The highest BCUT2D eigenvalue weighted by molar-refractivity contribution is 6.32. The second-order valence-corrected chi connectivity index (χ2v) is 6.36. The fraction of sp³-hybridized carbons (Fsp3) is 0.412. The van der Waals surface area contributed by atoms with Crippen molar-refractivity contribution in [3.8, 4) is 17.3 Å². The number of nitrogens with zero attached hydrogens (tertiary/aromatic N) is 4. The van der Waals surface area contributed by atoms with Crippen molar-refractivity contribution >= 4 is 22.6 Å². The van der Waals surface area contributed by atoms with Gasteiger partial charge in [-0.3, -0.25) is 0 Å². The van der Waals surface area contributed by atoms with Gasteiger partial charge in [0.05, 0.1) is 18.1 Å². The van der Waals surface area contributed by atoms with Crippen molar-refractivity contribution in [3.05, 3.63) is 29.2 Å². The van der Waals surface area contributed by atoms with Gasteiger partial charge >= 0.3 is 0 Å². The molecule has 0 amide bonds. The number of aromatic nitrogens is 4. The predicted molar refractivity (Wildman–Crippen MR) is 90.2 cm³/mol. The highest BCUT2D eigenvalue weighted by Gasteiger charge is 2.23. The first-order chi connectivity index (χ1) is 11.7. The molecule has 1 aliphatic rings. The molecule has 0 saturated heterocycles. The molecule has 0 radical (unpaired) electrons. The van der Waals surface area contributed by atoms with Crippen molar-refractivity contribution in [2.24, 2.45) is 0 Å². The quantitative estimate of drug-likeness (QED) is 0.701. The van der Waals surface area contributed by atoms with Gasteiger partial charge in [0.1, 0.15) is 5.75 Å². The van der Waals surface area contributed by atoms with E-state index in [0.29, 0.717) is 40.2 Å². The number of hydrogen-bond acceptors (Lipinski definition) is 6. The molecule has 0 atom stereocenters. The fourth-order valence-corrected chi connectivity index (χ4v) is 3.33. The number of ether oxygens (including phenoxy) is 1. The van der Waals surface area contributed by atoms with E-state index in [4.69, 9.17) is 20.8 Å². The van der Waals surface area contributed by atoms with E-state index in [-0.39, 0.29) is 5.15 Å². The number of rotatable bonds is 3. The van der Waals surface area contributed by atoms with Gasteiger partial charge in [0, 0.05) is 12.0 Å². The van der Waals surface area contributed by atoms with Gasteiger partial charge in [0.15, 0.2) is 10.8 Å². The smallest absolute Gasteiger partial charge is 0.269 e. The number of methoxy groups -OCH3 is 1. The highest BCUT2D eigenvalue weighted by Crippen LogP contribution is 2.34. The lowest BCUT2D eigenvalue weighted by molar-refractivity contribution is 0.367. The molecular formula is C17H17ClN4O2. The van der Waals surface area contributed by atoms with E-state index in [1.807, 2.05) is 12.1 Å². The molecule has 3 aromatic rings. The van der Waals surface area contributed by atoms with E-state index < -0.39 is 0 Å². The molecule has 0 aliphatic heterocycles. The van der Waals surface area contributed by atoms with Gasteiger partial charge in [-0.05, 0) is 25.0 Å². The molecule has 2 heterocycles. The molecule has 0 spiro atoms. The summed E-state index contributed by atoms with van der Waals surface area (Å²) in [6, 6.07) is 5.44. The van der Waals surface area contributed by atoms with E-state index in [1.54, 1.807) is 13.2 Å². The summed E-state index contributed by atoms with van der Waals surface area (Å²) in [6.07, 6.45) is 5.88. The van der Waals surface area contributed by atoms with Gasteiger partial charge in [-0.25, -0.2) is 9.97 Å². The summed E-state index contributed by atoms with van der Waals surface area (Å²) < 4.78 is 11.1. The first kappa shape index (κ1) is 15.3. The minimum absolute atomic E-state index is 0.256. The summed E-state index contributed by atoms with van der Waals surface area (Å²) in [4.78, 5) is 8.91. The first-order valence-electron chi connectivity index (χ1n) is 8.09. The number of fused-ring (bicyclic) bond motifs is 1. The Morgan fingerprint density at radius 1 is 1.08 bits per heavy atom. The predicted octanol–water partition coefficient (Wildman–Crippen LogP) is 4.39. The van der Waals surface area contributed by atoms with Crippen LogP contribution in [0.15, 0.2) is 22.6 Å². The molecule has 1 aliphatic carbocycles. The van der Waals surface area contributed by atoms with E-state index >= 15 is 0 Å². The summed E-state index contributed by atoms with van der Waals surface area (Å²) in [5.41, 5.74) is 1.77. The van der Waals surface area contributed by atoms with Gasteiger partial charge in [-0.15, -0.1) is 10.2 Å². The van der Waals surface area contributed by atoms with Crippen molar-refractivity contribution in [2.75, 3.05) is 7.11 Å². The molecule has 24 heavy (non-hydrogen) atoms. The van der Waals surface area contributed by atoms with Crippen molar-refractivity contribution in [3.63, 3.8) is 0 Å². The van der Waals surface area contributed by atoms with E-state index in [9.17, 15) is 0 Å². The van der Waals surface area contributed by atoms with Crippen LogP contribution >= 0.6 is 11.6 Å². The number of benzene rings is 1. The van der Waals surface area contributed by atoms with Crippen LogP contribution < -0.4 is 4.74 Å². The Balaban J connectivity index is 1.72. The van der Waals surface area contributed by atoms with Gasteiger partial charge in [-0.1, -0.05) is 30.9 Å². The van der Waals surface area contributed by atoms with E-state index in [1.165, 1.54) is 19.3 Å². The average Bonchev–Trinajstić information content (AvgIpc) is 3.11. The normalized spacial score (nSPS) is 15.8. The van der Waals surface area contributed by atoms with Crippen LogP contribution in [0.1, 0.15) is 43.9 Å². The van der Waals surface area contributed by atoms with Crippen LogP contribution in [-0.2, 0) is 0 Å². The lowest BCUT2D eigenvalue weighted by atomic mass is 9.89. The zero-order valence-electron chi connectivity index (χ0n) is 13.3. The minimum atomic E-state index is 0.256. The molecule has 1 fully saturated rings. The molecule has 1 saturated carbocycles. The van der Waals surface area contributed by atoms with Crippen LogP contribution in [0.2, 0.25) is 5.15 Å².